The second-order valence-electron chi connectivity index (χ2n) is 5.27. The van der Waals surface area contributed by atoms with Crippen LogP contribution >= 0.6 is 0 Å². The molecule has 3 rings (SSSR count). The molecule has 6 nitrogen and oxygen atoms in total. The van der Waals surface area contributed by atoms with Crippen molar-refractivity contribution in [2.75, 3.05) is 24.2 Å². The highest BCUT2D eigenvalue weighted by molar-refractivity contribution is 5.88. The van der Waals surface area contributed by atoms with Crippen LogP contribution in [-0.2, 0) is 18.4 Å². The average Bonchev–Trinajstić information content (AvgIpc) is 2.91. The van der Waals surface area contributed by atoms with E-state index in [1.54, 1.807) is 18.1 Å². The van der Waals surface area contributed by atoms with E-state index in [9.17, 15) is 4.79 Å². The van der Waals surface area contributed by atoms with Crippen LogP contribution in [0.3, 0.4) is 0 Å². The molecule has 1 amide bonds. The van der Waals surface area contributed by atoms with Crippen LogP contribution in [-0.4, -0.2) is 40.0 Å². The summed E-state index contributed by atoms with van der Waals surface area (Å²) >= 11 is 0. The number of hydrogen-bond donors (Lipinski definition) is 2. The maximum atomic E-state index is 12.5. The van der Waals surface area contributed by atoms with Crippen LogP contribution in [0.5, 0.6) is 0 Å². The normalized spacial score (nSPS) is 16.6. The second-order valence-corrected chi connectivity index (χ2v) is 5.27. The smallest absolute Gasteiger partial charge is 0.247 e. The van der Waals surface area contributed by atoms with E-state index >= 15 is 0 Å². The van der Waals surface area contributed by atoms with Gasteiger partial charge in [-0.2, -0.15) is 0 Å². The van der Waals surface area contributed by atoms with Gasteiger partial charge in [0.05, 0.1) is 17.9 Å². The zero-order chi connectivity index (χ0) is 14.8. The third kappa shape index (κ3) is 2.69. The van der Waals surface area contributed by atoms with Crippen LogP contribution in [0.25, 0.3) is 0 Å². The number of fused-ring (bicyclic) bond motifs is 1. The summed E-state index contributed by atoms with van der Waals surface area (Å²) in [5.41, 5.74) is 2.00. The Balaban J connectivity index is 1.67. The van der Waals surface area contributed by atoms with Crippen LogP contribution in [0.4, 0.5) is 11.4 Å². The van der Waals surface area contributed by atoms with Crippen LogP contribution < -0.4 is 10.6 Å². The van der Waals surface area contributed by atoms with Crippen molar-refractivity contribution < 1.29 is 4.79 Å². The van der Waals surface area contributed by atoms with Crippen LogP contribution in [0.1, 0.15) is 5.82 Å². The van der Waals surface area contributed by atoms with Crippen molar-refractivity contribution in [3.63, 3.8) is 0 Å². The molecule has 6 heteroatoms. The van der Waals surface area contributed by atoms with Gasteiger partial charge in [-0.1, -0.05) is 12.1 Å². The fourth-order valence-corrected chi connectivity index (χ4v) is 2.47. The van der Waals surface area contributed by atoms with Crippen molar-refractivity contribution in [2.24, 2.45) is 7.05 Å². The standard InChI is InChI=1S/C15H19N5O/c1-19-8-7-16-14(19)10-20(2)15(21)13-9-17-11-5-3-4-6-12(11)18-13/h3-8,13,17-18H,9-10H2,1-2H3. The van der Waals surface area contributed by atoms with Crippen molar-refractivity contribution >= 4 is 17.3 Å². The van der Waals surface area contributed by atoms with Crippen molar-refractivity contribution in [3.05, 3.63) is 42.5 Å². The van der Waals surface area contributed by atoms with Crippen LogP contribution in [0.15, 0.2) is 36.7 Å². The average molecular weight is 285 g/mol. The lowest BCUT2D eigenvalue weighted by Crippen LogP contribution is -2.46. The number of carbonyl (C=O) groups excluding carboxylic acids is 1. The molecule has 0 saturated carbocycles. The third-order valence-electron chi connectivity index (χ3n) is 3.73. The minimum atomic E-state index is -0.259. The number of benzene rings is 1. The van der Waals surface area contributed by atoms with E-state index in [0.717, 1.165) is 17.2 Å². The molecule has 1 aromatic carbocycles. The Bertz CT molecular complexity index is 651. The van der Waals surface area contributed by atoms with Gasteiger partial charge >= 0.3 is 0 Å². The van der Waals surface area contributed by atoms with Crippen molar-refractivity contribution in [3.8, 4) is 0 Å². The van der Waals surface area contributed by atoms with Crippen molar-refractivity contribution in [1.29, 1.82) is 0 Å². The first-order valence-corrected chi connectivity index (χ1v) is 6.96. The van der Waals surface area contributed by atoms with E-state index in [4.69, 9.17) is 0 Å². The topological polar surface area (TPSA) is 62.2 Å². The molecule has 21 heavy (non-hydrogen) atoms. The number of anilines is 2. The lowest BCUT2D eigenvalue weighted by molar-refractivity contribution is -0.131. The number of hydrogen-bond acceptors (Lipinski definition) is 4. The Morgan fingerprint density at radius 3 is 2.90 bits per heavy atom. The summed E-state index contributed by atoms with van der Waals surface area (Å²) in [5, 5.41) is 6.58. The molecular weight excluding hydrogens is 266 g/mol. The first-order chi connectivity index (χ1) is 10.1. The summed E-state index contributed by atoms with van der Waals surface area (Å²) < 4.78 is 1.92. The molecule has 0 aliphatic carbocycles. The lowest BCUT2D eigenvalue weighted by Gasteiger charge is -2.30. The number of imidazole rings is 1. The predicted octanol–water partition coefficient (Wildman–Crippen LogP) is 1.28. The summed E-state index contributed by atoms with van der Waals surface area (Å²) in [5.74, 6) is 0.926. The zero-order valence-electron chi connectivity index (χ0n) is 12.2. The number of rotatable bonds is 3. The van der Waals surface area contributed by atoms with Gasteiger partial charge in [-0.25, -0.2) is 4.98 Å². The number of carbonyl (C=O) groups is 1. The van der Waals surface area contributed by atoms with E-state index in [0.29, 0.717) is 13.1 Å². The first kappa shape index (κ1) is 13.5. The fourth-order valence-electron chi connectivity index (χ4n) is 2.47. The third-order valence-corrected chi connectivity index (χ3v) is 3.73. The molecule has 0 saturated heterocycles. The highest BCUT2D eigenvalue weighted by Crippen LogP contribution is 2.25. The summed E-state index contributed by atoms with van der Waals surface area (Å²) in [6.45, 7) is 1.09. The lowest BCUT2D eigenvalue weighted by atomic mass is 10.1. The maximum absolute atomic E-state index is 12.5. The highest BCUT2D eigenvalue weighted by Gasteiger charge is 2.26. The van der Waals surface area contributed by atoms with Gasteiger partial charge in [0.25, 0.3) is 0 Å². The molecule has 1 aliphatic rings. The summed E-state index contributed by atoms with van der Waals surface area (Å²) in [6, 6.07) is 7.65. The summed E-state index contributed by atoms with van der Waals surface area (Å²) in [6.07, 6.45) is 3.62. The molecule has 2 aromatic rings. The van der Waals surface area contributed by atoms with E-state index < -0.39 is 0 Å². The molecule has 110 valence electrons. The molecular formula is C15H19N5O. The van der Waals surface area contributed by atoms with E-state index in [2.05, 4.69) is 15.6 Å². The summed E-state index contributed by atoms with van der Waals surface area (Å²) in [4.78, 5) is 18.5. The van der Waals surface area contributed by atoms with Gasteiger partial charge in [-0.05, 0) is 12.1 Å². The van der Waals surface area contributed by atoms with Gasteiger partial charge in [0, 0.05) is 33.0 Å². The van der Waals surface area contributed by atoms with Gasteiger partial charge in [0.15, 0.2) is 0 Å². The molecule has 1 aromatic heterocycles. The van der Waals surface area contributed by atoms with E-state index in [1.807, 2.05) is 42.1 Å². The molecule has 2 heterocycles. The Morgan fingerprint density at radius 2 is 2.19 bits per heavy atom. The minimum absolute atomic E-state index is 0.0556. The number of nitrogens with zero attached hydrogens (tertiary/aromatic N) is 3. The number of likely N-dealkylation sites (N-methyl/N-ethyl adjacent to an activating group) is 1. The van der Waals surface area contributed by atoms with Crippen molar-refractivity contribution in [2.45, 2.75) is 12.6 Å². The SMILES string of the molecule is CN(Cc1nccn1C)C(=O)C1CNc2ccccc2N1. The molecule has 0 radical (unpaired) electrons. The van der Waals surface area contributed by atoms with Gasteiger partial charge in [0.2, 0.25) is 5.91 Å². The number of nitrogens with one attached hydrogen (secondary N) is 2. The number of para-hydroxylation sites is 2. The van der Waals surface area contributed by atoms with E-state index in [1.165, 1.54) is 0 Å². The molecule has 1 unspecified atom stereocenters. The minimum Gasteiger partial charge on any atom is -0.381 e. The number of aromatic nitrogens is 2. The molecule has 0 spiro atoms. The highest BCUT2D eigenvalue weighted by atomic mass is 16.2. The molecule has 2 N–H and O–H groups in total. The Morgan fingerprint density at radius 1 is 1.43 bits per heavy atom. The largest absolute Gasteiger partial charge is 0.381 e. The molecule has 0 fully saturated rings. The predicted molar refractivity (Wildman–Crippen MR) is 82.0 cm³/mol. The second kappa shape index (κ2) is 5.47. The van der Waals surface area contributed by atoms with Crippen LogP contribution in [0, 0.1) is 0 Å². The first-order valence-electron chi connectivity index (χ1n) is 6.96. The molecule has 0 bridgehead atoms. The maximum Gasteiger partial charge on any atom is 0.247 e. The Hall–Kier alpha value is -2.50. The van der Waals surface area contributed by atoms with Crippen molar-refractivity contribution in [1.82, 2.24) is 14.5 Å². The van der Waals surface area contributed by atoms with Crippen LogP contribution in [0.2, 0.25) is 0 Å². The van der Waals surface area contributed by atoms with Gasteiger partial charge in [-0.15, -0.1) is 0 Å². The molecule has 1 aliphatic heterocycles. The van der Waals surface area contributed by atoms with Gasteiger partial charge in [0.1, 0.15) is 11.9 Å². The monoisotopic (exact) mass is 285 g/mol. The van der Waals surface area contributed by atoms with Gasteiger partial charge in [-0.3, -0.25) is 4.79 Å². The van der Waals surface area contributed by atoms with Gasteiger partial charge < -0.3 is 20.1 Å². The summed E-state index contributed by atoms with van der Waals surface area (Å²) in [7, 11) is 3.73. The number of aryl methyl sites for hydroxylation is 1. The van der Waals surface area contributed by atoms with E-state index in [-0.39, 0.29) is 11.9 Å². The molecule has 1 atom stereocenters. The quantitative estimate of drug-likeness (QED) is 0.892. The number of amides is 1. The fraction of sp³-hybridized carbons (Fsp3) is 0.333. The zero-order valence-corrected chi connectivity index (χ0v) is 12.2. The Kier molecular flexibility index (Phi) is 3.51. The Labute approximate surface area is 123 Å².